The second-order valence-corrected chi connectivity index (χ2v) is 8.00. The molecule has 5 heteroatoms. The third-order valence-electron chi connectivity index (χ3n) is 5.86. The standard InChI is InChI=1S/C21H35NO4/c1-5-6-7-8-16(23)9-10-17-18-12-15(11-14(18)13-19(17)24)20(26-4)21(25)22(2)3/h9-10,14,16-19,23-24H,5-8,11-13H2,1-4H3/t14-,16-,17+,18-,19+/m0/s1. The van der Waals surface area contributed by atoms with Crippen molar-refractivity contribution in [2.75, 3.05) is 21.2 Å². The molecule has 0 spiro atoms. The van der Waals surface area contributed by atoms with Crippen LogP contribution in [0.15, 0.2) is 23.5 Å². The summed E-state index contributed by atoms with van der Waals surface area (Å²) >= 11 is 0. The number of allylic oxidation sites excluding steroid dienone is 1. The van der Waals surface area contributed by atoms with Crippen LogP contribution in [0.5, 0.6) is 0 Å². The number of ether oxygens (including phenoxy) is 1. The fourth-order valence-electron chi connectivity index (χ4n) is 4.46. The summed E-state index contributed by atoms with van der Waals surface area (Å²) in [4.78, 5) is 13.9. The summed E-state index contributed by atoms with van der Waals surface area (Å²) in [6.07, 6.45) is 9.50. The number of methoxy groups -OCH3 is 1. The van der Waals surface area contributed by atoms with E-state index in [4.69, 9.17) is 4.74 Å². The van der Waals surface area contributed by atoms with Crippen molar-refractivity contribution in [1.29, 1.82) is 0 Å². The Bertz CT molecular complexity index is 540. The molecule has 148 valence electrons. The minimum atomic E-state index is -0.436. The third-order valence-corrected chi connectivity index (χ3v) is 5.86. The van der Waals surface area contributed by atoms with E-state index in [1.165, 1.54) is 0 Å². The van der Waals surface area contributed by atoms with Gasteiger partial charge in [-0.25, -0.2) is 0 Å². The molecule has 5 nitrogen and oxygen atoms in total. The maximum Gasteiger partial charge on any atom is 0.288 e. The van der Waals surface area contributed by atoms with E-state index in [-0.39, 0.29) is 17.9 Å². The van der Waals surface area contributed by atoms with Crippen LogP contribution >= 0.6 is 0 Å². The van der Waals surface area contributed by atoms with Crippen molar-refractivity contribution in [3.05, 3.63) is 23.5 Å². The Morgan fingerprint density at radius 2 is 2.08 bits per heavy atom. The van der Waals surface area contributed by atoms with Crippen LogP contribution in [-0.2, 0) is 9.53 Å². The first kappa shape index (κ1) is 21.0. The number of amides is 1. The van der Waals surface area contributed by atoms with Crippen molar-refractivity contribution in [3.63, 3.8) is 0 Å². The third kappa shape index (κ3) is 4.89. The predicted molar refractivity (Wildman–Crippen MR) is 102 cm³/mol. The van der Waals surface area contributed by atoms with Gasteiger partial charge in [-0.2, -0.15) is 0 Å². The van der Waals surface area contributed by atoms with Gasteiger partial charge in [0.25, 0.3) is 5.91 Å². The summed E-state index contributed by atoms with van der Waals surface area (Å²) in [5, 5.41) is 20.6. The van der Waals surface area contributed by atoms with E-state index in [1.54, 1.807) is 26.1 Å². The minimum Gasteiger partial charge on any atom is -0.491 e. The number of aliphatic hydroxyl groups is 2. The van der Waals surface area contributed by atoms with Crippen LogP contribution in [0.1, 0.15) is 51.9 Å². The summed E-state index contributed by atoms with van der Waals surface area (Å²) in [7, 11) is 5.01. The van der Waals surface area contributed by atoms with E-state index < -0.39 is 6.10 Å². The number of rotatable bonds is 8. The molecule has 0 radical (unpaired) electrons. The molecule has 5 atom stereocenters. The van der Waals surface area contributed by atoms with Gasteiger partial charge in [0.05, 0.1) is 19.3 Å². The molecule has 0 aliphatic heterocycles. The lowest BCUT2D eigenvalue weighted by Gasteiger charge is -2.19. The molecule has 0 aromatic heterocycles. The van der Waals surface area contributed by atoms with Crippen molar-refractivity contribution >= 4 is 5.91 Å². The topological polar surface area (TPSA) is 70.0 Å². The number of likely N-dealkylation sites (N-methyl/N-ethyl adjacent to an activating group) is 1. The average Bonchev–Trinajstić information content (AvgIpc) is 3.11. The molecule has 2 aliphatic rings. The molecule has 2 N–H and O–H groups in total. The number of fused-ring (bicyclic) bond motifs is 1. The number of aliphatic hydroxyl groups excluding tert-OH is 2. The zero-order chi connectivity index (χ0) is 19.3. The van der Waals surface area contributed by atoms with Gasteiger partial charge < -0.3 is 19.8 Å². The van der Waals surface area contributed by atoms with E-state index >= 15 is 0 Å². The molecule has 0 aromatic carbocycles. The monoisotopic (exact) mass is 365 g/mol. The van der Waals surface area contributed by atoms with Crippen molar-refractivity contribution in [1.82, 2.24) is 4.90 Å². The molecule has 0 bridgehead atoms. The number of hydrogen-bond donors (Lipinski definition) is 2. The number of unbranched alkanes of at least 4 members (excludes halogenated alkanes) is 2. The van der Waals surface area contributed by atoms with Crippen LogP contribution in [0.4, 0.5) is 0 Å². The Hall–Kier alpha value is -1.33. The van der Waals surface area contributed by atoms with Gasteiger partial charge in [0.2, 0.25) is 0 Å². The van der Waals surface area contributed by atoms with E-state index in [1.807, 2.05) is 12.2 Å². The highest BCUT2D eigenvalue weighted by Crippen LogP contribution is 2.51. The van der Waals surface area contributed by atoms with Crippen LogP contribution in [0.3, 0.4) is 0 Å². The summed E-state index contributed by atoms with van der Waals surface area (Å²) < 4.78 is 5.41. The molecule has 0 aromatic rings. The van der Waals surface area contributed by atoms with E-state index in [2.05, 4.69) is 6.92 Å². The lowest BCUT2D eigenvalue weighted by atomic mass is 9.90. The van der Waals surface area contributed by atoms with E-state index in [9.17, 15) is 15.0 Å². The Balaban J connectivity index is 2.05. The summed E-state index contributed by atoms with van der Waals surface area (Å²) in [5.41, 5.74) is 1.06. The van der Waals surface area contributed by atoms with Gasteiger partial charge in [0, 0.05) is 20.0 Å². The molecule has 0 saturated heterocycles. The molecule has 2 fully saturated rings. The minimum absolute atomic E-state index is 0.0471. The molecular weight excluding hydrogens is 330 g/mol. The van der Waals surface area contributed by atoms with Gasteiger partial charge in [0.1, 0.15) is 0 Å². The fraction of sp³-hybridized carbons (Fsp3) is 0.762. The quantitative estimate of drug-likeness (QED) is 0.300. The lowest BCUT2D eigenvalue weighted by molar-refractivity contribution is -0.128. The highest BCUT2D eigenvalue weighted by atomic mass is 16.5. The molecule has 2 rings (SSSR count). The number of carbonyl (C=O) groups excluding carboxylic acids is 1. The number of nitrogens with zero attached hydrogens (tertiary/aromatic N) is 1. The largest absolute Gasteiger partial charge is 0.491 e. The number of hydrogen-bond acceptors (Lipinski definition) is 4. The Kier molecular flexibility index (Phi) is 7.71. The van der Waals surface area contributed by atoms with Gasteiger partial charge in [-0.3, -0.25) is 4.79 Å². The molecule has 0 heterocycles. The second kappa shape index (κ2) is 9.56. The Morgan fingerprint density at radius 1 is 1.35 bits per heavy atom. The van der Waals surface area contributed by atoms with Crippen LogP contribution in [0.2, 0.25) is 0 Å². The second-order valence-electron chi connectivity index (χ2n) is 8.00. The van der Waals surface area contributed by atoms with Gasteiger partial charge in [0.15, 0.2) is 5.76 Å². The fourth-order valence-corrected chi connectivity index (χ4v) is 4.46. The van der Waals surface area contributed by atoms with Crippen molar-refractivity contribution in [2.24, 2.45) is 17.8 Å². The maximum absolute atomic E-state index is 12.3. The van der Waals surface area contributed by atoms with Crippen LogP contribution < -0.4 is 0 Å². The van der Waals surface area contributed by atoms with Crippen LogP contribution in [0, 0.1) is 17.8 Å². The van der Waals surface area contributed by atoms with Crippen molar-refractivity contribution < 1.29 is 19.7 Å². The zero-order valence-corrected chi connectivity index (χ0v) is 16.6. The van der Waals surface area contributed by atoms with Crippen molar-refractivity contribution in [3.8, 4) is 0 Å². The molecule has 2 aliphatic carbocycles. The lowest BCUT2D eigenvalue weighted by Crippen LogP contribution is -2.25. The van der Waals surface area contributed by atoms with Gasteiger partial charge in [-0.15, -0.1) is 0 Å². The molecule has 26 heavy (non-hydrogen) atoms. The molecule has 2 saturated carbocycles. The van der Waals surface area contributed by atoms with Gasteiger partial charge in [-0.1, -0.05) is 38.3 Å². The average molecular weight is 366 g/mol. The Morgan fingerprint density at radius 3 is 2.69 bits per heavy atom. The van der Waals surface area contributed by atoms with E-state index in [0.717, 1.165) is 50.5 Å². The molecular formula is C21H35NO4. The smallest absolute Gasteiger partial charge is 0.288 e. The normalized spacial score (nSPS) is 31.2. The predicted octanol–water partition coefficient (Wildman–Crippen LogP) is 2.88. The summed E-state index contributed by atoms with van der Waals surface area (Å²) in [5.74, 6) is 1.11. The van der Waals surface area contributed by atoms with Crippen LogP contribution in [-0.4, -0.2) is 54.4 Å². The first-order valence-corrected chi connectivity index (χ1v) is 9.91. The first-order chi connectivity index (χ1) is 12.4. The molecule has 0 unspecified atom stereocenters. The molecule has 1 amide bonds. The van der Waals surface area contributed by atoms with Crippen LogP contribution in [0.25, 0.3) is 0 Å². The summed E-state index contributed by atoms with van der Waals surface area (Å²) in [6, 6.07) is 0. The maximum atomic E-state index is 12.3. The number of carbonyl (C=O) groups is 1. The zero-order valence-electron chi connectivity index (χ0n) is 16.6. The summed E-state index contributed by atoms with van der Waals surface area (Å²) in [6.45, 7) is 2.15. The highest BCUT2D eigenvalue weighted by molar-refractivity contribution is 5.91. The first-order valence-electron chi connectivity index (χ1n) is 9.91. The highest BCUT2D eigenvalue weighted by Gasteiger charge is 2.46. The SMILES string of the molecule is CCCCC[C@H](O)C=C[C@@H]1[C@H]2CC(=C(OC)C(=O)N(C)C)C[C@H]2C[C@H]1O. The van der Waals surface area contributed by atoms with Gasteiger partial charge in [-0.05, 0) is 43.1 Å². The van der Waals surface area contributed by atoms with E-state index in [0.29, 0.717) is 17.6 Å². The van der Waals surface area contributed by atoms with Crippen molar-refractivity contribution in [2.45, 2.75) is 64.1 Å². The Labute approximate surface area is 157 Å². The van der Waals surface area contributed by atoms with Gasteiger partial charge >= 0.3 is 0 Å².